The van der Waals surface area contributed by atoms with Crippen molar-refractivity contribution < 1.29 is 18.4 Å². The Bertz CT molecular complexity index is 1460. The number of anilines is 3. The highest BCUT2D eigenvalue weighted by Gasteiger charge is 2.15. The Morgan fingerprint density at radius 1 is 0.833 bits per heavy atom. The number of carbonyl (C=O) groups is 2. The van der Waals surface area contributed by atoms with Crippen LogP contribution in [0.4, 0.5) is 30.8 Å². The summed E-state index contributed by atoms with van der Waals surface area (Å²) in [5, 5.41) is 8.32. The van der Waals surface area contributed by atoms with Gasteiger partial charge in [-0.3, -0.25) is 9.78 Å². The molecule has 4 aromatic rings. The maximum absolute atomic E-state index is 13.4. The third kappa shape index (κ3) is 5.13. The first-order chi connectivity index (χ1) is 17.5. The van der Waals surface area contributed by atoms with Crippen LogP contribution in [0.15, 0.2) is 66.9 Å². The van der Waals surface area contributed by atoms with E-state index in [0.717, 1.165) is 44.1 Å². The van der Waals surface area contributed by atoms with Crippen molar-refractivity contribution in [3.63, 3.8) is 0 Å². The number of fused-ring (bicyclic) bond motifs is 1. The lowest BCUT2D eigenvalue weighted by molar-refractivity contribution is 0.103. The maximum Gasteiger partial charge on any atom is 0.323 e. The molecular weight excluding hydrogens is 466 g/mol. The molecule has 1 aliphatic rings. The van der Waals surface area contributed by atoms with Gasteiger partial charge in [-0.15, -0.1) is 0 Å². The van der Waals surface area contributed by atoms with Crippen LogP contribution < -0.4 is 20.9 Å². The first-order valence-electron chi connectivity index (χ1n) is 11.4. The molecule has 1 saturated heterocycles. The van der Waals surface area contributed by atoms with Crippen molar-refractivity contribution in [2.45, 2.75) is 0 Å². The average Bonchev–Trinajstić information content (AvgIpc) is 2.90. The number of urea groups is 1. The van der Waals surface area contributed by atoms with Crippen LogP contribution in [0, 0.1) is 11.6 Å². The second kappa shape index (κ2) is 10.0. The molecule has 182 valence electrons. The number of hydrogen-bond donors (Lipinski definition) is 3. The van der Waals surface area contributed by atoms with E-state index in [1.165, 1.54) is 6.07 Å². The summed E-state index contributed by atoms with van der Waals surface area (Å²) in [6.45, 7) is 3.42. The number of piperazine rings is 1. The lowest BCUT2D eigenvalue weighted by atomic mass is 10.0. The van der Waals surface area contributed by atoms with Crippen LogP contribution in [-0.2, 0) is 0 Å². The van der Waals surface area contributed by atoms with E-state index in [9.17, 15) is 18.4 Å². The summed E-state index contributed by atoms with van der Waals surface area (Å²) >= 11 is 0. The third-order valence-corrected chi connectivity index (χ3v) is 5.79. The second-order valence-electron chi connectivity index (χ2n) is 8.29. The number of amides is 2. The topological polar surface area (TPSA) is 99.2 Å². The Morgan fingerprint density at radius 2 is 1.58 bits per heavy atom. The number of benzene rings is 3. The molecule has 0 aliphatic carbocycles. The highest BCUT2D eigenvalue weighted by Crippen LogP contribution is 2.21. The predicted octanol–water partition coefficient (Wildman–Crippen LogP) is 4.19. The zero-order valence-corrected chi connectivity index (χ0v) is 19.1. The van der Waals surface area contributed by atoms with Gasteiger partial charge in [-0.2, -0.15) is 0 Å². The van der Waals surface area contributed by atoms with Crippen LogP contribution in [0.2, 0.25) is 0 Å². The Hall–Kier alpha value is -4.44. The summed E-state index contributed by atoms with van der Waals surface area (Å²) < 4.78 is 26.5. The van der Waals surface area contributed by atoms with Gasteiger partial charge in [-0.1, -0.05) is 12.1 Å². The lowest BCUT2D eigenvalue weighted by Gasteiger charge is -2.28. The van der Waals surface area contributed by atoms with Gasteiger partial charge in [0.15, 0.2) is 17.4 Å². The molecule has 0 atom stereocenters. The normalized spacial score (nSPS) is 13.4. The fourth-order valence-corrected chi connectivity index (χ4v) is 3.96. The Kier molecular flexibility index (Phi) is 6.50. The van der Waals surface area contributed by atoms with E-state index < -0.39 is 17.7 Å². The first kappa shape index (κ1) is 23.3. The van der Waals surface area contributed by atoms with Gasteiger partial charge in [-0.05, 0) is 42.5 Å². The quantitative estimate of drug-likeness (QED) is 0.365. The number of nitrogens with zero attached hydrogens (tertiary/aromatic N) is 3. The molecule has 0 saturated carbocycles. The van der Waals surface area contributed by atoms with Gasteiger partial charge in [0.05, 0.1) is 17.2 Å². The highest BCUT2D eigenvalue weighted by molar-refractivity contribution is 6.11. The first-order valence-corrected chi connectivity index (χ1v) is 11.4. The largest absolute Gasteiger partial charge is 0.353 e. The summed E-state index contributed by atoms with van der Waals surface area (Å²) in [5.41, 5.74) is 2.58. The third-order valence-electron chi connectivity index (χ3n) is 5.79. The van der Waals surface area contributed by atoms with E-state index in [2.05, 4.69) is 25.8 Å². The van der Waals surface area contributed by atoms with Crippen molar-refractivity contribution in [2.24, 2.45) is 0 Å². The molecule has 1 fully saturated rings. The maximum atomic E-state index is 13.4. The molecule has 8 nitrogen and oxygen atoms in total. The van der Waals surface area contributed by atoms with E-state index in [0.29, 0.717) is 27.8 Å². The van der Waals surface area contributed by atoms with Gasteiger partial charge >= 0.3 is 6.03 Å². The van der Waals surface area contributed by atoms with Crippen molar-refractivity contribution in [3.8, 4) is 0 Å². The minimum absolute atomic E-state index is 0.0936. The molecule has 2 amide bonds. The van der Waals surface area contributed by atoms with Gasteiger partial charge in [0.1, 0.15) is 5.82 Å². The van der Waals surface area contributed by atoms with E-state index in [-0.39, 0.29) is 11.5 Å². The van der Waals surface area contributed by atoms with Crippen molar-refractivity contribution in [1.29, 1.82) is 0 Å². The van der Waals surface area contributed by atoms with Crippen LogP contribution in [0.25, 0.3) is 11.0 Å². The van der Waals surface area contributed by atoms with Gasteiger partial charge in [-0.25, -0.2) is 18.6 Å². The number of nitrogens with one attached hydrogen (secondary N) is 3. The molecule has 3 N–H and O–H groups in total. The number of ketones is 1. The van der Waals surface area contributed by atoms with Crippen molar-refractivity contribution in [3.05, 3.63) is 89.6 Å². The molecule has 1 aliphatic heterocycles. The zero-order chi connectivity index (χ0) is 25.1. The van der Waals surface area contributed by atoms with Crippen molar-refractivity contribution in [1.82, 2.24) is 15.3 Å². The molecule has 0 spiro atoms. The molecule has 10 heteroatoms. The fourth-order valence-electron chi connectivity index (χ4n) is 3.96. The molecule has 0 unspecified atom stereocenters. The van der Waals surface area contributed by atoms with Crippen LogP contribution in [0.1, 0.15) is 15.9 Å². The molecule has 0 bridgehead atoms. The van der Waals surface area contributed by atoms with Crippen molar-refractivity contribution >= 4 is 40.0 Å². The second-order valence-corrected chi connectivity index (χ2v) is 8.29. The molecular formula is C26H22F2N6O2. The number of aromatic nitrogens is 2. The zero-order valence-electron chi connectivity index (χ0n) is 19.1. The number of carbonyl (C=O) groups excluding carboxylic acids is 2. The van der Waals surface area contributed by atoms with Gasteiger partial charge < -0.3 is 20.9 Å². The standard InChI is InChI=1S/C26H22F2N6O2/c27-20-6-5-19(14-21(20)28)32-26(36)31-18-3-1-2-16(12-18)25(35)17-4-7-22-23(13-17)33-24(15-30-22)34-10-8-29-9-11-34/h1-7,12-15,29H,8-11H2,(H2,31,32,36). The molecule has 2 heterocycles. The summed E-state index contributed by atoms with van der Waals surface area (Å²) in [6, 6.07) is 14.0. The Balaban J connectivity index is 1.32. The number of hydrogen-bond acceptors (Lipinski definition) is 6. The Labute approximate surface area is 205 Å². The monoisotopic (exact) mass is 488 g/mol. The van der Waals surface area contributed by atoms with Crippen LogP contribution in [0.3, 0.4) is 0 Å². The van der Waals surface area contributed by atoms with Crippen LogP contribution in [0.5, 0.6) is 0 Å². The molecule has 1 aromatic heterocycles. The fraction of sp³-hybridized carbons (Fsp3) is 0.154. The van der Waals surface area contributed by atoms with E-state index in [1.807, 2.05) is 0 Å². The Morgan fingerprint density at radius 3 is 2.36 bits per heavy atom. The minimum atomic E-state index is -1.07. The van der Waals surface area contributed by atoms with Crippen molar-refractivity contribution in [2.75, 3.05) is 41.7 Å². The molecule has 5 rings (SSSR count). The van der Waals surface area contributed by atoms with Crippen LogP contribution >= 0.6 is 0 Å². The predicted molar refractivity (Wildman–Crippen MR) is 133 cm³/mol. The average molecular weight is 488 g/mol. The molecule has 0 radical (unpaired) electrons. The van der Waals surface area contributed by atoms with Gasteiger partial charge in [0, 0.05) is 54.7 Å². The SMILES string of the molecule is O=C(Nc1cccc(C(=O)c2ccc3ncc(N4CCNCC4)nc3c2)c1)Nc1ccc(F)c(F)c1. The van der Waals surface area contributed by atoms with E-state index >= 15 is 0 Å². The smallest absolute Gasteiger partial charge is 0.323 e. The minimum Gasteiger partial charge on any atom is -0.353 e. The number of rotatable bonds is 5. The summed E-state index contributed by atoms with van der Waals surface area (Å²) in [5.74, 6) is -1.55. The summed E-state index contributed by atoms with van der Waals surface area (Å²) in [6.07, 6.45) is 1.75. The van der Waals surface area contributed by atoms with E-state index in [1.54, 1.807) is 48.7 Å². The molecule has 36 heavy (non-hydrogen) atoms. The summed E-state index contributed by atoms with van der Waals surface area (Å²) in [7, 11) is 0. The van der Waals surface area contributed by atoms with Gasteiger partial charge in [0.2, 0.25) is 0 Å². The van der Waals surface area contributed by atoms with E-state index in [4.69, 9.17) is 4.98 Å². The van der Waals surface area contributed by atoms with Crippen LogP contribution in [-0.4, -0.2) is 48.0 Å². The number of halogens is 2. The lowest BCUT2D eigenvalue weighted by Crippen LogP contribution is -2.43. The highest BCUT2D eigenvalue weighted by atomic mass is 19.2. The summed E-state index contributed by atoms with van der Waals surface area (Å²) in [4.78, 5) is 36.8. The molecule has 3 aromatic carbocycles. The van der Waals surface area contributed by atoms with Gasteiger partial charge in [0.25, 0.3) is 0 Å².